The fourth-order valence-electron chi connectivity index (χ4n) is 3.78. The highest BCUT2D eigenvalue weighted by Gasteiger charge is 2.31. The Morgan fingerprint density at radius 2 is 1.68 bits per heavy atom. The Hall–Kier alpha value is -3.74. The third-order valence-electron chi connectivity index (χ3n) is 5.31. The first-order valence-corrected chi connectivity index (χ1v) is 11.0. The molecule has 9 nitrogen and oxygen atoms in total. The summed E-state index contributed by atoms with van der Waals surface area (Å²) in [5, 5.41) is 18.5. The molecule has 10 heteroatoms. The van der Waals surface area contributed by atoms with E-state index in [2.05, 4.69) is 5.92 Å². The van der Waals surface area contributed by atoms with Crippen LogP contribution >= 0.6 is 11.6 Å². The zero-order valence-electron chi connectivity index (χ0n) is 18.3. The molecule has 0 fully saturated rings. The van der Waals surface area contributed by atoms with Crippen molar-refractivity contribution in [2.24, 2.45) is 0 Å². The summed E-state index contributed by atoms with van der Waals surface area (Å²) in [7, 11) is 0. The molecule has 178 valence electrons. The first kappa shape index (κ1) is 24.9. The molecule has 0 unspecified atom stereocenters. The molecule has 0 saturated carbocycles. The highest BCUT2D eigenvalue weighted by atomic mass is 35.5. The Labute approximate surface area is 202 Å². The van der Waals surface area contributed by atoms with E-state index >= 15 is 0 Å². The summed E-state index contributed by atoms with van der Waals surface area (Å²) in [5.74, 6) is 2.19. The van der Waals surface area contributed by atoms with E-state index < -0.39 is 12.2 Å². The number of ether oxygens (including phenoxy) is 1. The van der Waals surface area contributed by atoms with Gasteiger partial charge in [-0.25, -0.2) is 14.5 Å². The predicted molar refractivity (Wildman–Crippen MR) is 128 cm³/mol. The van der Waals surface area contributed by atoms with Crippen LogP contribution in [0, 0.1) is 12.3 Å². The lowest BCUT2D eigenvalue weighted by molar-refractivity contribution is 0.0972. The maximum Gasteiger partial charge on any atom is 0.416 e. The van der Waals surface area contributed by atoms with Crippen molar-refractivity contribution < 1.29 is 29.3 Å². The van der Waals surface area contributed by atoms with Gasteiger partial charge in [-0.3, -0.25) is 4.79 Å². The number of hydrogen-bond donors (Lipinski definition) is 2. The van der Waals surface area contributed by atoms with Crippen molar-refractivity contribution in [2.75, 3.05) is 42.6 Å². The molecular weight excluding hydrogens is 462 g/mol. The van der Waals surface area contributed by atoms with Crippen LogP contribution in [0.2, 0.25) is 5.02 Å². The fourth-order valence-corrected chi connectivity index (χ4v) is 3.94. The molecule has 0 radical (unpaired) electrons. The van der Waals surface area contributed by atoms with E-state index in [1.54, 1.807) is 23.1 Å². The van der Waals surface area contributed by atoms with Gasteiger partial charge < -0.3 is 24.7 Å². The summed E-state index contributed by atoms with van der Waals surface area (Å²) in [6.07, 6.45) is 2.99. The van der Waals surface area contributed by atoms with Gasteiger partial charge in [-0.1, -0.05) is 29.7 Å². The largest absolute Gasteiger partial charge is 0.465 e. The zero-order chi connectivity index (χ0) is 24.7. The molecule has 3 rings (SSSR count). The highest BCUT2D eigenvalue weighted by Crippen LogP contribution is 2.41. The quantitative estimate of drug-likeness (QED) is 0.396. The number of carbonyl (C=O) groups excluding carboxylic acids is 1. The number of terminal acetylenes is 1. The Morgan fingerprint density at radius 3 is 2.32 bits per heavy atom. The summed E-state index contributed by atoms with van der Waals surface area (Å²) in [6, 6.07) is 12.4. The number of halogens is 1. The maximum atomic E-state index is 13.5. The second-order valence-corrected chi connectivity index (χ2v) is 7.88. The van der Waals surface area contributed by atoms with Crippen LogP contribution in [-0.4, -0.2) is 66.1 Å². The molecular formula is C24H24ClN3O6. The van der Waals surface area contributed by atoms with Crippen molar-refractivity contribution in [3.63, 3.8) is 0 Å². The molecule has 0 bridgehead atoms. The van der Waals surface area contributed by atoms with Gasteiger partial charge in [-0.05, 0) is 43.2 Å². The molecule has 1 aliphatic heterocycles. The predicted octanol–water partition coefficient (Wildman–Crippen LogP) is 4.53. The minimum absolute atomic E-state index is 0.145. The minimum Gasteiger partial charge on any atom is -0.465 e. The summed E-state index contributed by atoms with van der Waals surface area (Å²) < 4.78 is 5.40. The van der Waals surface area contributed by atoms with Crippen molar-refractivity contribution >= 4 is 46.8 Å². The molecule has 0 spiro atoms. The number of para-hydroxylation sites is 2. The summed E-state index contributed by atoms with van der Waals surface area (Å²) in [5.41, 5.74) is 2.52. The number of carboxylic acid groups (broad SMARTS) is 2. The highest BCUT2D eigenvalue weighted by molar-refractivity contribution is 6.31. The van der Waals surface area contributed by atoms with Gasteiger partial charge in [0.15, 0.2) is 0 Å². The van der Waals surface area contributed by atoms with Crippen LogP contribution in [0.15, 0.2) is 42.5 Å². The lowest BCUT2D eigenvalue weighted by atomic mass is 10.1. The first-order chi connectivity index (χ1) is 16.3. The van der Waals surface area contributed by atoms with Crippen LogP contribution < -0.4 is 9.80 Å². The molecule has 34 heavy (non-hydrogen) atoms. The molecule has 0 aromatic heterocycles. The SMILES string of the molecule is C#CCOCCN1C(=O)c2ccc(Cl)cc2N(CCCCN(C(=O)O)C(=O)O)c2ccccc21. The maximum absolute atomic E-state index is 13.5. The number of nitrogens with zero attached hydrogens (tertiary/aromatic N) is 3. The van der Waals surface area contributed by atoms with E-state index in [-0.39, 0.29) is 25.7 Å². The van der Waals surface area contributed by atoms with E-state index in [0.717, 1.165) is 5.69 Å². The monoisotopic (exact) mass is 485 g/mol. The van der Waals surface area contributed by atoms with Gasteiger partial charge in [-0.15, -0.1) is 6.42 Å². The van der Waals surface area contributed by atoms with Gasteiger partial charge in [0.2, 0.25) is 0 Å². The van der Waals surface area contributed by atoms with Crippen LogP contribution in [0.4, 0.5) is 26.7 Å². The average molecular weight is 486 g/mol. The van der Waals surface area contributed by atoms with Gasteiger partial charge in [-0.2, -0.15) is 0 Å². The van der Waals surface area contributed by atoms with Crippen LogP contribution in [0.1, 0.15) is 23.2 Å². The summed E-state index contributed by atoms with van der Waals surface area (Å²) in [6.45, 7) is 0.949. The van der Waals surface area contributed by atoms with Gasteiger partial charge >= 0.3 is 12.2 Å². The van der Waals surface area contributed by atoms with Crippen molar-refractivity contribution in [3.05, 3.63) is 53.1 Å². The molecule has 0 atom stereocenters. The number of amides is 3. The minimum atomic E-state index is -1.52. The van der Waals surface area contributed by atoms with Crippen LogP contribution in [-0.2, 0) is 4.74 Å². The Balaban J connectivity index is 1.91. The molecule has 0 aliphatic carbocycles. The molecule has 0 saturated heterocycles. The number of carbonyl (C=O) groups is 3. The van der Waals surface area contributed by atoms with E-state index in [9.17, 15) is 14.4 Å². The van der Waals surface area contributed by atoms with Crippen molar-refractivity contribution in [1.29, 1.82) is 0 Å². The smallest absolute Gasteiger partial charge is 0.416 e. The Morgan fingerprint density at radius 1 is 1.00 bits per heavy atom. The number of unbranched alkanes of at least 4 members (excludes halogenated alkanes) is 1. The number of hydrogen-bond acceptors (Lipinski definition) is 5. The van der Waals surface area contributed by atoms with Crippen LogP contribution in [0.3, 0.4) is 0 Å². The van der Waals surface area contributed by atoms with Crippen LogP contribution in [0.25, 0.3) is 0 Å². The fraction of sp³-hybridized carbons (Fsp3) is 0.292. The zero-order valence-corrected chi connectivity index (χ0v) is 19.1. The van der Waals surface area contributed by atoms with Gasteiger partial charge in [0.25, 0.3) is 5.91 Å². The topological polar surface area (TPSA) is 111 Å². The van der Waals surface area contributed by atoms with Crippen molar-refractivity contribution in [3.8, 4) is 12.3 Å². The van der Waals surface area contributed by atoms with Gasteiger partial charge in [0.05, 0.1) is 29.2 Å². The molecule has 3 amide bonds. The number of imide groups is 1. The molecule has 2 aromatic rings. The van der Waals surface area contributed by atoms with Crippen molar-refractivity contribution in [1.82, 2.24) is 4.90 Å². The molecule has 2 aromatic carbocycles. The first-order valence-electron chi connectivity index (χ1n) is 10.6. The third kappa shape index (κ3) is 5.60. The third-order valence-corrected chi connectivity index (χ3v) is 5.54. The van der Waals surface area contributed by atoms with E-state index in [1.165, 1.54) is 0 Å². The molecule has 2 N–H and O–H groups in total. The lowest BCUT2D eigenvalue weighted by Crippen LogP contribution is -2.35. The van der Waals surface area contributed by atoms with Gasteiger partial charge in [0.1, 0.15) is 6.61 Å². The van der Waals surface area contributed by atoms with Gasteiger partial charge in [0, 0.05) is 24.7 Å². The number of anilines is 3. The molecule has 1 heterocycles. The molecule has 1 aliphatic rings. The normalized spacial score (nSPS) is 12.4. The second-order valence-electron chi connectivity index (χ2n) is 7.44. The second kappa shape index (κ2) is 11.4. The lowest BCUT2D eigenvalue weighted by Gasteiger charge is -2.27. The van der Waals surface area contributed by atoms with E-state index in [4.69, 9.17) is 33.0 Å². The standard InChI is InChI=1S/C24H24ClN3O6/c1-2-14-34-15-13-27-20-8-4-3-7-19(20)26(11-5-6-12-28(23(30)31)24(32)33)21-16-17(25)9-10-18(21)22(27)29/h1,3-4,7-10,16H,5-6,11-15H2,(H,30,31)(H,32,33). The number of fused-ring (bicyclic) bond motifs is 2. The Kier molecular flexibility index (Phi) is 8.35. The summed E-state index contributed by atoms with van der Waals surface area (Å²) in [4.78, 5) is 39.6. The number of rotatable bonds is 9. The summed E-state index contributed by atoms with van der Waals surface area (Å²) >= 11 is 6.27. The Bertz CT molecular complexity index is 1100. The number of benzene rings is 2. The van der Waals surface area contributed by atoms with Crippen LogP contribution in [0.5, 0.6) is 0 Å². The van der Waals surface area contributed by atoms with Crippen molar-refractivity contribution in [2.45, 2.75) is 12.8 Å². The van der Waals surface area contributed by atoms with E-state index in [0.29, 0.717) is 52.8 Å². The average Bonchev–Trinajstić information content (AvgIpc) is 2.89. The van der Waals surface area contributed by atoms with E-state index in [1.807, 2.05) is 29.2 Å².